The van der Waals surface area contributed by atoms with Crippen LogP contribution in [0.2, 0.25) is 0 Å². The molecule has 0 fully saturated rings. The molecule has 2 rings (SSSR count). The first kappa shape index (κ1) is 24.3. The SMILES string of the molecule is CCOc1ccc(C(=O)NC(=S)NNC(=O)c2ccc(NC(=O)C(C)C)cc2)cc1Br. The number of hydrazine groups is 1. The fraction of sp³-hybridized carbons (Fsp3) is 0.238. The van der Waals surface area contributed by atoms with Gasteiger partial charge in [-0.15, -0.1) is 0 Å². The lowest BCUT2D eigenvalue weighted by Crippen LogP contribution is -2.48. The molecule has 0 bridgehead atoms. The second kappa shape index (κ2) is 11.4. The van der Waals surface area contributed by atoms with Crippen molar-refractivity contribution in [2.24, 2.45) is 5.92 Å². The highest BCUT2D eigenvalue weighted by Crippen LogP contribution is 2.25. The predicted molar refractivity (Wildman–Crippen MR) is 126 cm³/mol. The number of halogens is 1. The summed E-state index contributed by atoms with van der Waals surface area (Å²) in [4.78, 5) is 36.3. The molecule has 0 saturated heterocycles. The minimum Gasteiger partial charge on any atom is -0.493 e. The van der Waals surface area contributed by atoms with Gasteiger partial charge >= 0.3 is 0 Å². The van der Waals surface area contributed by atoms with E-state index in [1.807, 2.05) is 6.92 Å². The number of amides is 3. The van der Waals surface area contributed by atoms with Gasteiger partial charge in [0.2, 0.25) is 5.91 Å². The minimum absolute atomic E-state index is 0.0656. The van der Waals surface area contributed by atoms with Gasteiger partial charge < -0.3 is 10.1 Å². The van der Waals surface area contributed by atoms with Crippen LogP contribution in [-0.2, 0) is 4.79 Å². The highest BCUT2D eigenvalue weighted by Gasteiger charge is 2.12. The van der Waals surface area contributed by atoms with Gasteiger partial charge in [0.15, 0.2) is 5.11 Å². The fourth-order valence-corrected chi connectivity index (χ4v) is 2.94. The highest BCUT2D eigenvalue weighted by molar-refractivity contribution is 9.10. The summed E-state index contributed by atoms with van der Waals surface area (Å²) in [6, 6.07) is 11.3. The van der Waals surface area contributed by atoms with Crippen molar-refractivity contribution in [2.45, 2.75) is 20.8 Å². The summed E-state index contributed by atoms with van der Waals surface area (Å²) in [7, 11) is 0. The molecule has 0 radical (unpaired) electrons. The Morgan fingerprint density at radius 2 is 1.65 bits per heavy atom. The van der Waals surface area contributed by atoms with Crippen LogP contribution in [0.1, 0.15) is 41.5 Å². The van der Waals surface area contributed by atoms with Crippen LogP contribution in [0.3, 0.4) is 0 Å². The van der Waals surface area contributed by atoms with E-state index in [4.69, 9.17) is 17.0 Å². The summed E-state index contributed by atoms with van der Waals surface area (Å²) in [5.41, 5.74) is 6.20. The van der Waals surface area contributed by atoms with Crippen molar-refractivity contribution < 1.29 is 19.1 Å². The Labute approximate surface area is 194 Å². The van der Waals surface area contributed by atoms with Crippen molar-refractivity contribution in [2.75, 3.05) is 11.9 Å². The molecule has 3 amide bonds. The van der Waals surface area contributed by atoms with Crippen molar-refractivity contribution in [3.05, 3.63) is 58.1 Å². The number of thiocarbonyl (C=S) groups is 1. The fourth-order valence-electron chi connectivity index (χ4n) is 2.30. The van der Waals surface area contributed by atoms with E-state index in [0.29, 0.717) is 33.6 Å². The minimum atomic E-state index is -0.456. The van der Waals surface area contributed by atoms with Crippen molar-refractivity contribution in [1.82, 2.24) is 16.2 Å². The third-order valence-electron chi connectivity index (χ3n) is 3.95. The smallest absolute Gasteiger partial charge is 0.269 e. The van der Waals surface area contributed by atoms with Crippen LogP contribution < -0.4 is 26.2 Å². The maximum Gasteiger partial charge on any atom is 0.269 e. The zero-order valence-electron chi connectivity index (χ0n) is 17.2. The summed E-state index contributed by atoms with van der Waals surface area (Å²) in [5.74, 6) is -0.531. The molecular formula is C21H23BrN4O4S. The normalized spacial score (nSPS) is 10.2. The molecule has 4 N–H and O–H groups in total. The van der Waals surface area contributed by atoms with Gasteiger partial charge in [0, 0.05) is 22.7 Å². The van der Waals surface area contributed by atoms with E-state index in [1.54, 1.807) is 56.3 Å². The van der Waals surface area contributed by atoms with E-state index in [9.17, 15) is 14.4 Å². The van der Waals surface area contributed by atoms with Gasteiger partial charge in [-0.25, -0.2) is 0 Å². The lowest BCUT2D eigenvalue weighted by molar-refractivity contribution is -0.118. The number of rotatable bonds is 6. The molecule has 0 heterocycles. The highest BCUT2D eigenvalue weighted by atomic mass is 79.9. The molecule has 0 spiro atoms. The average Bonchev–Trinajstić information content (AvgIpc) is 2.74. The van der Waals surface area contributed by atoms with Crippen molar-refractivity contribution in [1.29, 1.82) is 0 Å². The van der Waals surface area contributed by atoms with E-state index in [2.05, 4.69) is 37.4 Å². The first-order chi connectivity index (χ1) is 14.7. The quantitative estimate of drug-likeness (QED) is 0.353. The molecule has 164 valence electrons. The summed E-state index contributed by atoms with van der Waals surface area (Å²) in [5, 5.41) is 5.16. The van der Waals surface area contributed by atoms with E-state index in [-0.39, 0.29) is 16.9 Å². The van der Waals surface area contributed by atoms with Crippen LogP contribution in [0, 0.1) is 5.92 Å². The lowest BCUT2D eigenvalue weighted by Gasteiger charge is -2.12. The molecule has 0 saturated carbocycles. The standard InChI is InChI=1S/C21H23BrN4O4S/c1-4-30-17-10-7-14(11-16(17)22)19(28)24-21(31)26-25-20(29)13-5-8-15(9-6-13)23-18(27)12(2)3/h5-12H,4H2,1-3H3,(H,23,27)(H,25,29)(H2,24,26,28,31). The molecule has 10 heteroatoms. The first-order valence-corrected chi connectivity index (χ1v) is 10.7. The second-order valence-corrected chi connectivity index (χ2v) is 7.92. The topological polar surface area (TPSA) is 109 Å². The number of benzene rings is 2. The molecule has 2 aromatic carbocycles. The molecule has 0 aliphatic rings. The number of hydrogen-bond acceptors (Lipinski definition) is 5. The third kappa shape index (κ3) is 7.34. The lowest BCUT2D eigenvalue weighted by atomic mass is 10.1. The zero-order chi connectivity index (χ0) is 23.0. The Balaban J connectivity index is 1.86. The zero-order valence-corrected chi connectivity index (χ0v) is 19.6. The Morgan fingerprint density at radius 1 is 1.00 bits per heavy atom. The first-order valence-electron chi connectivity index (χ1n) is 9.46. The Morgan fingerprint density at radius 3 is 2.23 bits per heavy atom. The van der Waals surface area contributed by atoms with Crippen molar-refractivity contribution in [3.8, 4) is 5.75 Å². The Kier molecular flexibility index (Phi) is 8.95. The molecule has 0 aliphatic carbocycles. The van der Waals surface area contributed by atoms with Gasteiger partial charge in [-0.2, -0.15) is 0 Å². The van der Waals surface area contributed by atoms with Crippen LogP contribution in [0.15, 0.2) is 46.9 Å². The van der Waals surface area contributed by atoms with E-state index in [0.717, 1.165) is 0 Å². The summed E-state index contributed by atoms with van der Waals surface area (Å²) in [6.07, 6.45) is 0. The molecule has 0 unspecified atom stereocenters. The molecule has 2 aromatic rings. The maximum atomic E-state index is 12.3. The maximum absolute atomic E-state index is 12.3. The monoisotopic (exact) mass is 506 g/mol. The number of anilines is 1. The van der Waals surface area contributed by atoms with Crippen LogP contribution in [0.25, 0.3) is 0 Å². The molecule has 31 heavy (non-hydrogen) atoms. The molecule has 0 aliphatic heterocycles. The van der Waals surface area contributed by atoms with Gasteiger partial charge in [-0.05, 0) is 77.5 Å². The van der Waals surface area contributed by atoms with Crippen LogP contribution in [0.4, 0.5) is 5.69 Å². The van der Waals surface area contributed by atoms with Crippen LogP contribution in [0.5, 0.6) is 5.75 Å². The largest absolute Gasteiger partial charge is 0.493 e. The van der Waals surface area contributed by atoms with Crippen LogP contribution in [-0.4, -0.2) is 29.4 Å². The van der Waals surface area contributed by atoms with E-state index >= 15 is 0 Å². The van der Waals surface area contributed by atoms with E-state index in [1.165, 1.54) is 0 Å². The summed E-state index contributed by atoms with van der Waals surface area (Å²) >= 11 is 8.40. The molecular weight excluding hydrogens is 484 g/mol. The number of hydrogen-bond donors (Lipinski definition) is 4. The number of carbonyl (C=O) groups is 3. The molecule has 0 aromatic heterocycles. The van der Waals surface area contributed by atoms with Gasteiger partial charge in [0.25, 0.3) is 11.8 Å². The van der Waals surface area contributed by atoms with Gasteiger partial charge in [0.05, 0.1) is 11.1 Å². The van der Waals surface area contributed by atoms with Gasteiger partial charge in [0.1, 0.15) is 5.75 Å². The summed E-state index contributed by atoms with van der Waals surface area (Å²) in [6.45, 7) is 5.95. The number of nitrogens with one attached hydrogen (secondary N) is 4. The summed E-state index contributed by atoms with van der Waals surface area (Å²) < 4.78 is 6.05. The average molecular weight is 507 g/mol. The Bertz CT molecular complexity index is 980. The third-order valence-corrected chi connectivity index (χ3v) is 4.77. The molecule has 0 atom stereocenters. The predicted octanol–water partition coefficient (Wildman–Crippen LogP) is 3.39. The number of carbonyl (C=O) groups excluding carboxylic acids is 3. The van der Waals surface area contributed by atoms with Gasteiger partial charge in [-0.3, -0.25) is 30.6 Å². The second-order valence-electron chi connectivity index (χ2n) is 6.66. The molecule has 8 nitrogen and oxygen atoms in total. The van der Waals surface area contributed by atoms with E-state index < -0.39 is 11.8 Å². The Hall–Kier alpha value is -2.98. The van der Waals surface area contributed by atoms with Crippen molar-refractivity contribution >= 4 is 56.7 Å². The number of ether oxygens (including phenoxy) is 1. The van der Waals surface area contributed by atoms with Crippen LogP contribution >= 0.6 is 28.1 Å². The van der Waals surface area contributed by atoms with Crippen molar-refractivity contribution in [3.63, 3.8) is 0 Å². The van der Waals surface area contributed by atoms with Gasteiger partial charge in [-0.1, -0.05) is 13.8 Å².